The number of nitrogens with two attached hydrogens (primary N) is 1. The second-order valence-corrected chi connectivity index (χ2v) is 0.753. The Morgan fingerprint density at radius 1 is 1.10 bits per heavy atom. The van der Waals surface area contributed by atoms with Crippen LogP contribution in [0.15, 0.2) is 12.3 Å². The second kappa shape index (κ2) is 42.5. The zero-order chi connectivity index (χ0) is 8.83. The Hall–Kier alpha value is -0.900. The molecule has 1 nitrogen and oxygen atoms in total. The zero-order valence-corrected chi connectivity index (χ0v) is 7.73. The van der Waals surface area contributed by atoms with E-state index in [0.717, 1.165) is 0 Å². The van der Waals surface area contributed by atoms with Gasteiger partial charge in [-0.25, -0.2) is 0 Å². The lowest BCUT2D eigenvalue weighted by atomic mass is 10.6. The monoisotopic (exact) mass is 141 g/mol. The molecule has 0 fully saturated rings. The van der Waals surface area contributed by atoms with E-state index in [1.54, 1.807) is 13.0 Å². The minimum absolute atomic E-state index is 1.41. The van der Waals surface area contributed by atoms with Gasteiger partial charge in [0.25, 0.3) is 0 Å². The van der Waals surface area contributed by atoms with Crippen molar-refractivity contribution in [2.75, 3.05) is 0 Å². The van der Waals surface area contributed by atoms with E-state index in [0.29, 0.717) is 0 Å². The third-order valence-corrected chi connectivity index (χ3v) is 0.324. The highest BCUT2D eigenvalue weighted by atomic mass is 14.5. The van der Waals surface area contributed by atoms with E-state index in [-0.39, 0.29) is 0 Å². The van der Waals surface area contributed by atoms with Crippen LogP contribution in [0.5, 0.6) is 0 Å². The molecule has 60 valence electrons. The number of hydrogen-bond donors (Lipinski definition) is 1. The van der Waals surface area contributed by atoms with Crippen LogP contribution in [0.25, 0.3) is 0 Å². The highest BCUT2D eigenvalue weighted by Gasteiger charge is 1.45. The molecule has 0 amide bonds. The summed E-state index contributed by atoms with van der Waals surface area (Å²) >= 11 is 0. The van der Waals surface area contributed by atoms with Gasteiger partial charge in [0.15, 0.2) is 0 Å². The molecule has 0 aromatic carbocycles. The standard InChI is InChI=1S/C5H7N.2C2H6/c1-2-3-4-5-6;2*1-2/h4-5H,6H2,1H3;2*1-2H3/b5-4-;;. The van der Waals surface area contributed by atoms with Gasteiger partial charge in [0.1, 0.15) is 0 Å². The SMILES string of the molecule is CC.CC.CC#C/C=C\N. The van der Waals surface area contributed by atoms with Gasteiger partial charge in [-0.15, -0.1) is 5.92 Å². The molecule has 0 rings (SSSR count). The van der Waals surface area contributed by atoms with Crippen molar-refractivity contribution in [1.29, 1.82) is 0 Å². The number of rotatable bonds is 0. The Morgan fingerprint density at radius 2 is 1.50 bits per heavy atom. The first kappa shape index (κ1) is 16.0. The van der Waals surface area contributed by atoms with E-state index < -0.39 is 0 Å². The predicted octanol–water partition coefficient (Wildman–Crippen LogP) is 2.53. The maximum absolute atomic E-state index is 4.93. The van der Waals surface area contributed by atoms with Crippen LogP contribution in [-0.2, 0) is 0 Å². The molecule has 0 atom stereocenters. The molecular weight excluding hydrogens is 122 g/mol. The van der Waals surface area contributed by atoms with Gasteiger partial charge in [-0.05, 0) is 6.92 Å². The van der Waals surface area contributed by atoms with Gasteiger partial charge in [-0.2, -0.15) is 0 Å². The average molecular weight is 141 g/mol. The van der Waals surface area contributed by atoms with Crippen LogP contribution in [0.2, 0.25) is 0 Å². The van der Waals surface area contributed by atoms with Crippen molar-refractivity contribution in [3.05, 3.63) is 12.3 Å². The van der Waals surface area contributed by atoms with Crippen LogP contribution in [0, 0.1) is 11.8 Å². The predicted molar refractivity (Wildman–Crippen MR) is 49.5 cm³/mol. The quantitative estimate of drug-likeness (QED) is 0.515. The smallest absolute Gasteiger partial charge is 0.00361 e. The molecule has 0 radical (unpaired) electrons. The molecule has 0 aliphatic heterocycles. The Balaban J connectivity index is -0.000000105. The molecule has 0 aliphatic rings. The fourth-order valence-corrected chi connectivity index (χ4v) is 0.131. The highest BCUT2D eigenvalue weighted by Crippen LogP contribution is 1.54. The van der Waals surface area contributed by atoms with E-state index in [1.165, 1.54) is 6.20 Å². The molecule has 2 N–H and O–H groups in total. The first-order valence-corrected chi connectivity index (χ1v) is 3.71. The molecule has 0 aromatic heterocycles. The molecule has 0 aliphatic carbocycles. The molecule has 0 bridgehead atoms. The number of allylic oxidation sites excluding steroid dienone is 1. The zero-order valence-electron chi connectivity index (χ0n) is 7.73. The molecule has 1 heteroatoms. The van der Waals surface area contributed by atoms with Crippen molar-refractivity contribution >= 4 is 0 Å². The fourth-order valence-electron chi connectivity index (χ4n) is 0.131. The third kappa shape index (κ3) is 59.9. The fraction of sp³-hybridized carbons (Fsp3) is 0.556. The van der Waals surface area contributed by atoms with Crippen LogP contribution in [0.3, 0.4) is 0 Å². The molecular formula is C9H19N. The summed E-state index contributed by atoms with van der Waals surface area (Å²) in [5.41, 5.74) is 4.93. The molecule has 0 heterocycles. The van der Waals surface area contributed by atoms with E-state index in [1.807, 2.05) is 27.7 Å². The Bertz CT molecular complexity index is 93.0. The summed E-state index contributed by atoms with van der Waals surface area (Å²) in [5, 5.41) is 0. The lowest BCUT2D eigenvalue weighted by Crippen LogP contribution is -1.71. The summed E-state index contributed by atoms with van der Waals surface area (Å²) in [5.74, 6) is 5.29. The van der Waals surface area contributed by atoms with Crippen molar-refractivity contribution in [2.24, 2.45) is 5.73 Å². The molecule has 0 aromatic rings. The summed E-state index contributed by atoms with van der Waals surface area (Å²) in [7, 11) is 0. The topological polar surface area (TPSA) is 26.0 Å². The summed E-state index contributed by atoms with van der Waals surface area (Å²) in [4.78, 5) is 0. The van der Waals surface area contributed by atoms with Crippen molar-refractivity contribution in [2.45, 2.75) is 34.6 Å². The lowest BCUT2D eigenvalue weighted by Gasteiger charge is -1.58. The maximum Gasteiger partial charge on any atom is 0.00361 e. The molecule has 0 saturated heterocycles. The summed E-state index contributed by atoms with van der Waals surface area (Å²) < 4.78 is 0. The lowest BCUT2D eigenvalue weighted by molar-refractivity contribution is 1.50. The maximum atomic E-state index is 4.93. The van der Waals surface area contributed by atoms with Crippen molar-refractivity contribution in [3.8, 4) is 11.8 Å². The minimum atomic E-state index is 1.41. The average Bonchev–Trinajstić information content (AvgIpc) is 2.08. The number of hydrogen-bond acceptors (Lipinski definition) is 1. The normalized spacial score (nSPS) is 5.70. The van der Waals surface area contributed by atoms with Crippen LogP contribution >= 0.6 is 0 Å². The van der Waals surface area contributed by atoms with E-state index in [9.17, 15) is 0 Å². The summed E-state index contributed by atoms with van der Waals surface area (Å²) in [6.45, 7) is 9.76. The first-order chi connectivity index (χ1) is 4.91. The van der Waals surface area contributed by atoms with Crippen LogP contribution in [0.1, 0.15) is 34.6 Å². The van der Waals surface area contributed by atoms with E-state index in [4.69, 9.17) is 5.73 Å². The van der Waals surface area contributed by atoms with Gasteiger partial charge in [-0.1, -0.05) is 33.6 Å². The second-order valence-electron chi connectivity index (χ2n) is 0.753. The van der Waals surface area contributed by atoms with Crippen molar-refractivity contribution in [1.82, 2.24) is 0 Å². The first-order valence-electron chi connectivity index (χ1n) is 3.71. The van der Waals surface area contributed by atoms with Gasteiger partial charge in [-0.3, -0.25) is 0 Å². The van der Waals surface area contributed by atoms with Gasteiger partial charge in [0.2, 0.25) is 0 Å². The van der Waals surface area contributed by atoms with Crippen molar-refractivity contribution in [3.63, 3.8) is 0 Å². The van der Waals surface area contributed by atoms with Gasteiger partial charge in [0.05, 0.1) is 0 Å². The minimum Gasteiger partial charge on any atom is -0.404 e. The Morgan fingerprint density at radius 3 is 1.60 bits per heavy atom. The molecule has 10 heavy (non-hydrogen) atoms. The largest absolute Gasteiger partial charge is 0.404 e. The summed E-state index contributed by atoms with van der Waals surface area (Å²) in [6, 6.07) is 0. The van der Waals surface area contributed by atoms with Gasteiger partial charge < -0.3 is 5.73 Å². The van der Waals surface area contributed by atoms with E-state index in [2.05, 4.69) is 11.8 Å². The molecule has 0 saturated carbocycles. The third-order valence-electron chi connectivity index (χ3n) is 0.324. The summed E-state index contributed by atoms with van der Waals surface area (Å²) in [6.07, 6.45) is 3.01. The molecule has 0 spiro atoms. The Labute approximate surface area is 65.3 Å². The highest BCUT2D eigenvalue weighted by molar-refractivity contribution is 5.12. The Kier molecular flexibility index (Phi) is 68.2. The van der Waals surface area contributed by atoms with Crippen LogP contribution in [0.4, 0.5) is 0 Å². The molecule has 0 unspecified atom stereocenters. The van der Waals surface area contributed by atoms with Crippen molar-refractivity contribution < 1.29 is 0 Å². The van der Waals surface area contributed by atoms with E-state index >= 15 is 0 Å². The van der Waals surface area contributed by atoms with Crippen LogP contribution in [-0.4, -0.2) is 0 Å². The van der Waals surface area contributed by atoms with Crippen LogP contribution < -0.4 is 5.73 Å². The van der Waals surface area contributed by atoms with Gasteiger partial charge >= 0.3 is 0 Å². The van der Waals surface area contributed by atoms with Gasteiger partial charge in [0, 0.05) is 12.3 Å².